The molecule has 6 rings (SSSR count). The van der Waals surface area contributed by atoms with E-state index in [2.05, 4.69) is 32.8 Å². The summed E-state index contributed by atoms with van der Waals surface area (Å²) in [6, 6.07) is 10.4. The van der Waals surface area contributed by atoms with E-state index in [1.165, 1.54) is 30.4 Å². The summed E-state index contributed by atoms with van der Waals surface area (Å²) in [4.78, 5) is 20.5. The molecule has 3 aromatic rings. The highest BCUT2D eigenvalue weighted by Crippen LogP contribution is 2.40. The minimum Gasteiger partial charge on any atom is -0.497 e. The van der Waals surface area contributed by atoms with Crippen LogP contribution in [-0.4, -0.2) is 60.3 Å². The first kappa shape index (κ1) is 23.3. The number of nitrogens with zero attached hydrogens (tertiary/aromatic N) is 4. The van der Waals surface area contributed by atoms with Crippen molar-refractivity contribution in [3.05, 3.63) is 53.3 Å². The Bertz CT molecular complexity index is 1220. The Hall–Kier alpha value is -3.13. The molecule has 8 heteroatoms. The lowest BCUT2D eigenvalue weighted by Crippen LogP contribution is -2.56. The fourth-order valence-electron chi connectivity index (χ4n) is 6.30. The molecule has 2 aromatic heterocycles. The van der Waals surface area contributed by atoms with Crippen molar-refractivity contribution in [2.75, 3.05) is 44.7 Å². The van der Waals surface area contributed by atoms with Gasteiger partial charge >= 0.3 is 0 Å². The van der Waals surface area contributed by atoms with Gasteiger partial charge in [-0.05, 0) is 43.5 Å². The number of hydrogen-bond acceptors (Lipinski definition) is 6. The maximum absolute atomic E-state index is 13.3. The fraction of sp³-hybridized carbons (Fsp3) is 0.536. The summed E-state index contributed by atoms with van der Waals surface area (Å²) in [6.45, 7) is 4.04. The normalized spacial score (nSPS) is 19.9. The number of aromatic nitrogens is 3. The molecular formula is C28H36N6O2. The van der Waals surface area contributed by atoms with Gasteiger partial charge in [-0.2, -0.15) is 9.61 Å². The number of methoxy groups -OCH3 is 1. The van der Waals surface area contributed by atoms with E-state index in [1.54, 1.807) is 7.11 Å². The summed E-state index contributed by atoms with van der Waals surface area (Å²) in [5, 5.41) is 11.4. The highest BCUT2D eigenvalue weighted by molar-refractivity contribution is 5.82. The molecule has 2 fully saturated rings. The molecule has 1 aromatic carbocycles. The molecule has 1 aliphatic carbocycles. The van der Waals surface area contributed by atoms with E-state index < -0.39 is 0 Å². The van der Waals surface area contributed by atoms with Crippen molar-refractivity contribution in [2.45, 2.75) is 50.4 Å². The Kier molecular flexibility index (Phi) is 6.29. The van der Waals surface area contributed by atoms with E-state index in [0.717, 1.165) is 74.8 Å². The molecule has 0 spiro atoms. The minimum atomic E-state index is -0.000149. The molecule has 1 saturated heterocycles. The van der Waals surface area contributed by atoms with Crippen molar-refractivity contribution in [3.8, 4) is 5.75 Å². The van der Waals surface area contributed by atoms with E-state index in [9.17, 15) is 4.79 Å². The van der Waals surface area contributed by atoms with Crippen LogP contribution >= 0.6 is 0 Å². The smallest absolute Gasteiger partial charge is 0.226 e. The molecule has 36 heavy (non-hydrogen) atoms. The number of fused-ring (bicyclic) bond motifs is 2. The maximum Gasteiger partial charge on any atom is 0.226 e. The predicted molar refractivity (Wildman–Crippen MR) is 140 cm³/mol. The van der Waals surface area contributed by atoms with Crippen molar-refractivity contribution in [1.29, 1.82) is 0 Å². The summed E-state index contributed by atoms with van der Waals surface area (Å²) in [7, 11) is 1.70. The number of anilines is 1. The highest BCUT2D eigenvalue weighted by atomic mass is 16.5. The first-order valence-electron chi connectivity index (χ1n) is 13.4. The van der Waals surface area contributed by atoms with E-state index in [1.807, 2.05) is 28.9 Å². The van der Waals surface area contributed by atoms with Gasteiger partial charge < -0.3 is 20.3 Å². The van der Waals surface area contributed by atoms with Gasteiger partial charge in [0.1, 0.15) is 11.6 Å². The SMILES string of the molecule is COc1ccc(C2(CNC(=O)C3CN(c4c5c(nc6ccnn46)CCNCC5)C3)CCCCC2)cc1. The van der Waals surface area contributed by atoms with Gasteiger partial charge in [-0.25, -0.2) is 4.98 Å². The standard InChI is InChI=1S/C28H36N6O2/c1-36-22-7-5-21(6-8-22)28(12-3-2-4-13-28)19-30-26(35)20-17-33(18-20)27-23-9-14-29-15-10-24(23)32-25-11-16-31-34(25)27/h5-8,11,16,20,29H,2-4,9-10,12-15,17-19H2,1H3,(H,30,35). The quantitative estimate of drug-likeness (QED) is 0.555. The molecule has 1 amide bonds. The van der Waals surface area contributed by atoms with Gasteiger partial charge in [0.05, 0.1) is 24.9 Å². The van der Waals surface area contributed by atoms with Crippen LogP contribution in [0.1, 0.15) is 48.9 Å². The van der Waals surface area contributed by atoms with Crippen LogP contribution in [0.15, 0.2) is 36.5 Å². The Balaban J connectivity index is 1.15. The third-order valence-corrected chi connectivity index (χ3v) is 8.45. The van der Waals surface area contributed by atoms with Crippen molar-refractivity contribution < 1.29 is 9.53 Å². The Morgan fingerprint density at radius 1 is 1.11 bits per heavy atom. The van der Waals surface area contributed by atoms with E-state index in [-0.39, 0.29) is 17.2 Å². The number of rotatable bonds is 6. The van der Waals surface area contributed by atoms with Crippen LogP contribution in [0.2, 0.25) is 0 Å². The molecular weight excluding hydrogens is 452 g/mol. The Morgan fingerprint density at radius 2 is 1.89 bits per heavy atom. The van der Waals surface area contributed by atoms with Crippen LogP contribution in [0.5, 0.6) is 5.75 Å². The molecule has 0 bridgehead atoms. The van der Waals surface area contributed by atoms with Crippen molar-refractivity contribution in [1.82, 2.24) is 25.2 Å². The molecule has 4 heterocycles. The Labute approximate surface area is 212 Å². The van der Waals surface area contributed by atoms with Gasteiger partial charge in [-0.3, -0.25) is 4.79 Å². The zero-order valence-corrected chi connectivity index (χ0v) is 21.1. The van der Waals surface area contributed by atoms with Crippen LogP contribution in [-0.2, 0) is 23.1 Å². The molecule has 0 atom stereocenters. The fourth-order valence-corrected chi connectivity index (χ4v) is 6.30. The first-order valence-corrected chi connectivity index (χ1v) is 13.4. The van der Waals surface area contributed by atoms with Crippen LogP contribution in [0.4, 0.5) is 5.82 Å². The molecule has 1 saturated carbocycles. The van der Waals surface area contributed by atoms with Crippen molar-refractivity contribution in [2.24, 2.45) is 5.92 Å². The minimum absolute atomic E-state index is 0.000149. The lowest BCUT2D eigenvalue weighted by atomic mass is 9.69. The lowest BCUT2D eigenvalue weighted by Gasteiger charge is -2.42. The van der Waals surface area contributed by atoms with Crippen molar-refractivity contribution in [3.63, 3.8) is 0 Å². The summed E-state index contributed by atoms with van der Waals surface area (Å²) >= 11 is 0. The van der Waals surface area contributed by atoms with E-state index in [4.69, 9.17) is 9.72 Å². The monoisotopic (exact) mass is 488 g/mol. The number of carbonyl (C=O) groups excluding carboxylic acids is 1. The molecule has 0 unspecified atom stereocenters. The van der Waals surface area contributed by atoms with Gasteiger partial charge in [-0.15, -0.1) is 0 Å². The molecule has 0 radical (unpaired) electrons. The summed E-state index contributed by atoms with van der Waals surface area (Å²) in [5.74, 6) is 2.16. The van der Waals surface area contributed by atoms with Crippen LogP contribution in [0.25, 0.3) is 5.65 Å². The number of ether oxygens (including phenoxy) is 1. The molecule has 190 valence electrons. The second-order valence-electron chi connectivity index (χ2n) is 10.6. The van der Waals surface area contributed by atoms with Crippen LogP contribution in [0.3, 0.4) is 0 Å². The predicted octanol–water partition coefficient (Wildman–Crippen LogP) is 2.88. The van der Waals surface area contributed by atoms with Crippen molar-refractivity contribution >= 4 is 17.4 Å². The zero-order chi connectivity index (χ0) is 24.5. The third-order valence-electron chi connectivity index (χ3n) is 8.45. The number of nitrogens with one attached hydrogen (secondary N) is 2. The summed E-state index contributed by atoms with van der Waals surface area (Å²) in [6.07, 6.45) is 9.60. The Morgan fingerprint density at radius 3 is 2.67 bits per heavy atom. The van der Waals surface area contributed by atoms with Crippen LogP contribution in [0, 0.1) is 5.92 Å². The summed E-state index contributed by atoms with van der Waals surface area (Å²) in [5.41, 5.74) is 4.65. The second kappa shape index (κ2) is 9.73. The molecule has 2 aliphatic heterocycles. The number of hydrogen-bond donors (Lipinski definition) is 2. The molecule has 8 nitrogen and oxygen atoms in total. The van der Waals surface area contributed by atoms with Gasteiger partial charge in [0.25, 0.3) is 0 Å². The summed E-state index contributed by atoms with van der Waals surface area (Å²) < 4.78 is 7.32. The van der Waals surface area contributed by atoms with Gasteiger partial charge in [-0.1, -0.05) is 31.4 Å². The van der Waals surface area contributed by atoms with Gasteiger partial charge in [0.2, 0.25) is 5.91 Å². The molecule has 3 aliphatic rings. The zero-order valence-electron chi connectivity index (χ0n) is 21.1. The maximum atomic E-state index is 13.3. The average molecular weight is 489 g/mol. The second-order valence-corrected chi connectivity index (χ2v) is 10.6. The number of amides is 1. The van der Waals surface area contributed by atoms with Gasteiger partial charge in [0.15, 0.2) is 5.65 Å². The van der Waals surface area contributed by atoms with Crippen LogP contribution < -0.4 is 20.3 Å². The van der Waals surface area contributed by atoms with E-state index >= 15 is 0 Å². The first-order chi connectivity index (χ1) is 17.7. The lowest BCUT2D eigenvalue weighted by molar-refractivity contribution is -0.126. The topological polar surface area (TPSA) is 83.8 Å². The number of benzene rings is 1. The largest absolute Gasteiger partial charge is 0.497 e. The number of carbonyl (C=O) groups is 1. The van der Waals surface area contributed by atoms with E-state index in [0.29, 0.717) is 6.54 Å². The average Bonchev–Trinajstić information content (AvgIpc) is 3.23. The highest BCUT2D eigenvalue weighted by Gasteiger charge is 2.39. The van der Waals surface area contributed by atoms with Gasteiger partial charge in [0, 0.05) is 49.6 Å². The third kappa shape index (κ3) is 4.21. The molecule has 2 N–H and O–H groups in total.